The molecule has 18 heavy (non-hydrogen) atoms. The molecule has 1 aromatic carbocycles. The molecule has 2 rings (SSSR count). The molecular weight excluding hydrogens is 246 g/mol. The lowest BCUT2D eigenvalue weighted by atomic mass is 10.1. The number of hydrogen-bond acceptors (Lipinski definition) is 3. The van der Waals surface area contributed by atoms with Gasteiger partial charge in [0.1, 0.15) is 5.75 Å². The van der Waals surface area contributed by atoms with Gasteiger partial charge in [0.2, 0.25) is 0 Å². The van der Waals surface area contributed by atoms with Gasteiger partial charge in [-0.1, -0.05) is 12.1 Å². The van der Waals surface area contributed by atoms with E-state index in [9.17, 15) is 4.21 Å². The van der Waals surface area contributed by atoms with E-state index in [0.717, 1.165) is 30.1 Å². The van der Waals surface area contributed by atoms with Crippen LogP contribution < -0.4 is 10.1 Å². The minimum Gasteiger partial charge on any atom is -0.497 e. The summed E-state index contributed by atoms with van der Waals surface area (Å²) in [6.07, 6.45) is 2.04. The molecule has 0 saturated carbocycles. The van der Waals surface area contributed by atoms with Crippen LogP contribution in [0.15, 0.2) is 24.3 Å². The maximum Gasteiger partial charge on any atom is 0.118 e. The predicted molar refractivity (Wildman–Crippen MR) is 75.4 cm³/mol. The molecule has 4 heteroatoms. The van der Waals surface area contributed by atoms with Gasteiger partial charge in [-0.3, -0.25) is 4.21 Å². The average molecular weight is 267 g/mol. The fraction of sp³-hybridized carbons (Fsp3) is 0.571. The predicted octanol–water partition coefficient (Wildman–Crippen LogP) is 2.26. The SMILES string of the molecule is COc1ccc([C@@H](C)NC2CCS(=O)CC2)cc1. The van der Waals surface area contributed by atoms with Crippen molar-refractivity contribution in [1.29, 1.82) is 0 Å². The first-order chi connectivity index (χ1) is 8.69. The summed E-state index contributed by atoms with van der Waals surface area (Å²) in [6, 6.07) is 8.99. The fourth-order valence-electron chi connectivity index (χ4n) is 2.30. The highest BCUT2D eigenvalue weighted by Crippen LogP contribution is 2.19. The molecule has 0 bridgehead atoms. The fourth-order valence-corrected chi connectivity index (χ4v) is 3.60. The van der Waals surface area contributed by atoms with Crippen molar-refractivity contribution in [2.75, 3.05) is 18.6 Å². The van der Waals surface area contributed by atoms with E-state index in [2.05, 4.69) is 24.4 Å². The Balaban J connectivity index is 1.90. The highest BCUT2D eigenvalue weighted by molar-refractivity contribution is 7.85. The first-order valence-corrected chi connectivity index (χ1v) is 7.93. The van der Waals surface area contributed by atoms with Crippen LogP contribution in [0.3, 0.4) is 0 Å². The molecule has 1 aromatic rings. The standard InChI is InChI=1S/C14H21NO2S/c1-11(12-3-5-14(17-2)6-4-12)15-13-7-9-18(16)10-8-13/h3-6,11,13,15H,7-10H2,1-2H3/t11-,13?,18?/m1/s1. The highest BCUT2D eigenvalue weighted by Gasteiger charge is 2.19. The Hall–Kier alpha value is -0.870. The normalized spacial score (nSPS) is 25.7. The molecule has 0 aliphatic carbocycles. The number of rotatable bonds is 4. The first-order valence-electron chi connectivity index (χ1n) is 6.44. The second-order valence-corrected chi connectivity index (χ2v) is 6.48. The lowest BCUT2D eigenvalue weighted by Crippen LogP contribution is -2.37. The largest absolute Gasteiger partial charge is 0.497 e. The number of benzene rings is 1. The number of hydrogen-bond donors (Lipinski definition) is 1. The maximum atomic E-state index is 11.3. The Bertz CT molecular complexity index is 395. The van der Waals surface area contributed by atoms with E-state index in [4.69, 9.17) is 4.74 Å². The van der Waals surface area contributed by atoms with Crippen LogP contribution in [0.5, 0.6) is 5.75 Å². The molecule has 1 aliphatic heterocycles. The molecule has 0 amide bonds. The maximum absolute atomic E-state index is 11.3. The van der Waals surface area contributed by atoms with E-state index in [-0.39, 0.29) is 0 Å². The summed E-state index contributed by atoms with van der Waals surface area (Å²) in [4.78, 5) is 0. The van der Waals surface area contributed by atoms with E-state index in [1.807, 2.05) is 12.1 Å². The highest BCUT2D eigenvalue weighted by atomic mass is 32.2. The zero-order valence-electron chi connectivity index (χ0n) is 11.0. The minimum absolute atomic E-state index is 0.326. The van der Waals surface area contributed by atoms with Gasteiger partial charge < -0.3 is 10.1 Å². The zero-order valence-corrected chi connectivity index (χ0v) is 11.8. The molecule has 0 aromatic heterocycles. The average Bonchev–Trinajstić information content (AvgIpc) is 2.41. The van der Waals surface area contributed by atoms with Crippen molar-refractivity contribution in [3.63, 3.8) is 0 Å². The number of methoxy groups -OCH3 is 1. The van der Waals surface area contributed by atoms with Gasteiger partial charge in [-0.2, -0.15) is 0 Å². The van der Waals surface area contributed by atoms with Crippen LogP contribution in [0.2, 0.25) is 0 Å². The Labute approximate surface area is 111 Å². The second-order valence-electron chi connectivity index (χ2n) is 4.78. The molecular formula is C14H21NO2S. The van der Waals surface area contributed by atoms with Gasteiger partial charge in [0, 0.05) is 34.4 Å². The van der Waals surface area contributed by atoms with Crippen molar-refractivity contribution in [3.8, 4) is 5.75 Å². The van der Waals surface area contributed by atoms with E-state index >= 15 is 0 Å². The van der Waals surface area contributed by atoms with Crippen LogP contribution in [0.25, 0.3) is 0 Å². The zero-order chi connectivity index (χ0) is 13.0. The molecule has 1 N–H and O–H groups in total. The molecule has 0 unspecified atom stereocenters. The molecule has 0 radical (unpaired) electrons. The van der Waals surface area contributed by atoms with Crippen LogP contribution in [0, 0.1) is 0 Å². The summed E-state index contributed by atoms with van der Waals surface area (Å²) in [5.74, 6) is 2.57. The van der Waals surface area contributed by atoms with Gasteiger partial charge in [-0.15, -0.1) is 0 Å². The third-order valence-corrected chi connectivity index (χ3v) is 4.87. The Morgan fingerprint density at radius 1 is 1.28 bits per heavy atom. The summed E-state index contributed by atoms with van der Waals surface area (Å²) in [6.45, 7) is 2.17. The summed E-state index contributed by atoms with van der Waals surface area (Å²) in [5, 5.41) is 3.62. The molecule has 100 valence electrons. The Morgan fingerprint density at radius 2 is 1.89 bits per heavy atom. The summed E-state index contributed by atoms with van der Waals surface area (Å²) < 4.78 is 16.5. The van der Waals surface area contributed by atoms with Gasteiger partial charge in [0.25, 0.3) is 0 Å². The summed E-state index contributed by atoms with van der Waals surface area (Å²) >= 11 is 0. The van der Waals surface area contributed by atoms with Gasteiger partial charge >= 0.3 is 0 Å². The Morgan fingerprint density at radius 3 is 2.44 bits per heavy atom. The van der Waals surface area contributed by atoms with Crippen molar-refractivity contribution < 1.29 is 8.95 Å². The summed E-state index contributed by atoms with van der Waals surface area (Å²) in [5.41, 5.74) is 1.27. The number of ether oxygens (including phenoxy) is 1. The molecule has 1 atom stereocenters. The molecule has 1 heterocycles. The Kier molecular flexibility index (Phi) is 4.78. The molecule has 3 nitrogen and oxygen atoms in total. The topological polar surface area (TPSA) is 38.3 Å². The van der Waals surface area contributed by atoms with Crippen LogP contribution in [-0.4, -0.2) is 28.9 Å². The van der Waals surface area contributed by atoms with Crippen LogP contribution in [0.4, 0.5) is 0 Å². The molecule has 1 fully saturated rings. The molecule has 0 spiro atoms. The van der Waals surface area contributed by atoms with E-state index in [1.165, 1.54) is 5.56 Å². The van der Waals surface area contributed by atoms with Crippen molar-refractivity contribution in [2.24, 2.45) is 0 Å². The lowest BCUT2D eigenvalue weighted by molar-refractivity contribution is 0.412. The van der Waals surface area contributed by atoms with Crippen molar-refractivity contribution in [2.45, 2.75) is 31.8 Å². The monoisotopic (exact) mass is 267 g/mol. The smallest absolute Gasteiger partial charge is 0.118 e. The second kappa shape index (κ2) is 6.34. The van der Waals surface area contributed by atoms with Crippen LogP contribution in [0.1, 0.15) is 31.4 Å². The van der Waals surface area contributed by atoms with Gasteiger partial charge in [0.05, 0.1) is 7.11 Å². The third kappa shape index (κ3) is 3.56. The first kappa shape index (κ1) is 13.6. The molecule has 1 saturated heterocycles. The number of nitrogens with one attached hydrogen (secondary N) is 1. The lowest BCUT2D eigenvalue weighted by Gasteiger charge is -2.26. The van der Waals surface area contributed by atoms with E-state index < -0.39 is 10.8 Å². The van der Waals surface area contributed by atoms with Crippen LogP contribution >= 0.6 is 0 Å². The third-order valence-electron chi connectivity index (χ3n) is 3.49. The van der Waals surface area contributed by atoms with Crippen molar-refractivity contribution in [1.82, 2.24) is 5.32 Å². The van der Waals surface area contributed by atoms with Crippen molar-refractivity contribution in [3.05, 3.63) is 29.8 Å². The van der Waals surface area contributed by atoms with Crippen LogP contribution in [-0.2, 0) is 10.8 Å². The minimum atomic E-state index is -0.581. The quantitative estimate of drug-likeness (QED) is 0.909. The van der Waals surface area contributed by atoms with Gasteiger partial charge in [-0.25, -0.2) is 0 Å². The van der Waals surface area contributed by atoms with Crippen molar-refractivity contribution >= 4 is 10.8 Å². The van der Waals surface area contributed by atoms with Gasteiger partial charge in [-0.05, 0) is 37.5 Å². The summed E-state index contributed by atoms with van der Waals surface area (Å²) in [7, 11) is 1.10. The van der Waals surface area contributed by atoms with Gasteiger partial charge in [0.15, 0.2) is 0 Å². The molecule has 1 aliphatic rings. The van der Waals surface area contributed by atoms with E-state index in [1.54, 1.807) is 7.11 Å². The van der Waals surface area contributed by atoms with E-state index in [0.29, 0.717) is 12.1 Å².